The minimum Gasteiger partial charge on any atom is -0.403 e. The van der Waals surface area contributed by atoms with Crippen molar-refractivity contribution in [2.45, 2.75) is 65.0 Å². The Balaban J connectivity index is 2.36. The van der Waals surface area contributed by atoms with E-state index in [1.54, 1.807) is 0 Å². The first-order valence-corrected chi connectivity index (χ1v) is 5.86. The van der Waals surface area contributed by atoms with E-state index < -0.39 is 0 Å². The van der Waals surface area contributed by atoms with Crippen molar-refractivity contribution in [2.24, 2.45) is 0 Å². The lowest BCUT2D eigenvalue weighted by atomic mass is 9.82. The third kappa shape index (κ3) is 3.09. The molecule has 0 saturated carbocycles. The maximum Gasteiger partial charge on any atom is 0.457 e. The van der Waals surface area contributed by atoms with E-state index in [1.807, 2.05) is 0 Å². The fourth-order valence-corrected chi connectivity index (χ4v) is 1.65. The molecule has 0 aromatic rings. The van der Waals surface area contributed by atoms with Crippen molar-refractivity contribution in [3.05, 3.63) is 12.2 Å². The summed E-state index contributed by atoms with van der Waals surface area (Å²) in [5, 5.41) is 0. The number of unbranched alkanes of at least 4 members (excludes halogenated alkanes) is 1. The smallest absolute Gasteiger partial charge is 0.403 e. The first kappa shape index (κ1) is 12.8. The zero-order chi connectivity index (χ0) is 11.5. The van der Waals surface area contributed by atoms with E-state index in [-0.39, 0.29) is 18.3 Å². The van der Waals surface area contributed by atoms with Crippen molar-refractivity contribution in [1.82, 2.24) is 0 Å². The molecule has 1 aliphatic rings. The van der Waals surface area contributed by atoms with Crippen LogP contribution in [0.3, 0.4) is 0 Å². The molecule has 1 rings (SSSR count). The highest BCUT2D eigenvalue weighted by atomic mass is 16.7. The van der Waals surface area contributed by atoms with Crippen LogP contribution in [0.2, 0.25) is 6.32 Å². The van der Waals surface area contributed by atoms with E-state index in [1.165, 1.54) is 0 Å². The largest absolute Gasteiger partial charge is 0.457 e. The fraction of sp³-hybridized carbons (Fsp3) is 0.833. The second-order valence-electron chi connectivity index (χ2n) is 5.19. The Morgan fingerprint density at radius 1 is 1.07 bits per heavy atom. The third-order valence-electron chi connectivity index (χ3n) is 3.35. The summed E-state index contributed by atoms with van der Waals surface area (Å²) in [5.41, 5.74) is -0.365. The molecular weight excluding hydrogens is 187 g/mol. The Morgan fingerprint density at radius 2 is 1.60 bits per heavy atom. The third-order valence-corrected chi connectivity index (χ3v) is 3.35. The lowest BCUT2D eigenvalue weighted by Crippen LogP contribution is -2.41. The Hall–Kier alpha value is -0.275. The van der Waals surface area contributed by atoms with E-state index in [0.717, 1.165) is 19.2 Å². The van der Waals surface area contributed by atoms with Gasteiger partial charge in [-0.15, -0.1) is 0 Å². The van der Waals surface area contributed by atoms with Crippen molar-refractivity contribution in [2.75, 3.05) is 0 Å². The summed E-state index contributed by atoms with van der Waals surface area (Å²) in [5.74, 6) is 0. The van der Waals surface area contributed by atoms with Crippen LogP contribution in [0.1, 0.15) is 47.5 Å². The van der Waals surface area contributed by atoms with Gasteiger partial charge in [-0.25, -0.2) is 0 Å². The summed E-state index contributed by atoms with van der Waals surface area (Å²) < 4.78 is 11.8. The minimum atomic E-state index is -0.182. The first-order valence-electron chi connectivity index (χ1n) is 5.86. The maximum absolute atomic E-state index is 5.90. The molecule has 0 N–H and O–H groups in total. The molecule has 1 heterocycles. The van der Waals surface area contributed by atoms with E-state index in [0.29, 0.717) is 0 Å². The predicted octanol–water partition coefficient (Wildman–Crippen LogP) is 3.43. The van der Waals surface area contributed by atoms with Crippen LogP contribution in [0.25, 0.3) is 0 Å². The number of allylic oxidation sites excluding steroid dienone is 2. The van der Waals surface area contributed by atoms with Gasteiger partial charge in [-0.05, 0) is 47.4 Å². The van der Waals surface area contributed by atoms with Crippen molar-refractivity contribution >= 4 is 7.12 Å². The maximum atomic E-state index is 5.90. The Morgan fingerprint density at radius 3 is 2.07 bits per heavy atom. The number of rotatable bonds is 4. The van der Waals surface area contributed by atoms with E-state index >= 15 is 0 Å². The second kappa shape index (κ2) is 4.71. The van der Waals surface area contributed by atoms with E-state index in [2.05, 4.69) is 46.8 Å². The summed E-state index contributed by atoms with van der Waals surface area (Å²) in [6, 6.07) is 0. The first-order chi connectivity index (χ1) is 6.89. The van der Waals surface area contributed by atoms with Crippen molar-refractivity contribution in [3.63, 3.8) is 0 Å². The van der Waals surface area contributed by atoms with Gasteiger partial charge >= 0.3 is 7.12 Å². The van der Waals surface area contributed by atoms with Crippen LogP contribution < -0.4 is 0 Å². The molecule has 1 fully saturated rings. The molecule has 0 bridgehead atoms. The summed E-state index contributed by atoms with van der Waals surface area (Å²) in [6.45, 7) is 10.4. The highest BCUT2D eigenvalue weighted by Gasteiger charge is 2.50. The van der Waals surface area contributed by atoms with Crippen LogP contribution in [0, 0.1) is 0 Å². The van der Waals surface area contributed by atoms with E-state index in [4.69, 9.17) is 9.31 Å². The van der Waals surface area contributed by atoms with E-state index in [9.17, 15) is 0 Å². The molecular formula is C12H23BO2. The van der Waals surface area contributed by atoms with Gasteiger partial charge in [0.2, 0.25) is 0 Å². The lowest BCUT2D eigenvalue weighted by molar-refractivity contribution is 0.00578. The lowest BCUT2D eigenvalue weighted by Gasteiger charge is -2.32. The molecule has 0 unspecified atom stereocenters. The van der Waals surface area contributed by atoms with Crippen LogP contribution in [0.5, 0.6) is 0 Å². The molecule has 1 aliphatic heterocycles. The molecule has 3 heteroatoms. The molecule has 0 aromatic carbocycles. The molecule has 86 valence electrons. The van der Waals surface area contributed by atoms with Crippen LogP contribution in [-0.2, 0) is 9.31 Å². The molecule has 1 saturated heterocycles. The van der Waals surface area contributed by atoms with Gasteiger partial charge < -0.3 is 9.31 Å². The second-order valence-corrected chi connectivity index (χ2v) is 5.19. The van der Waals surface area contributed by atoms with Gasteiger partial charge in [0.15, 0.2) is 0 Å². The highest BCUT2D eigenvalue weighted by molar-refractivity contribution is 6.45. The fourth-order valence-electron chi connectivity index (χ4n) is 1.65. The normalized spacial score (nSPS) is 23.9. The van der Waals surface area contributed by atoms with Crippen molar-refractivity contribution in [3.8, 4) is 0 Å². The molecule has 0 amide bonds. The summed E-state index contributed by atoms with van der Waals surface area (Å²) in [6.07, 6.45) is 7.49. The Kier molecular flexibility index (Phi) is 4.02. The molecule has 0 aliphatic carbocycles. The van der Waals surface area contributed by atoms with Crippen LogP contribution in [0.15, 0.2) is 12.2 Å². The van der Waals surface area contributed by atoms with Gasteiger partial charge in [-0.3, -0.25) is 0 Å². The average molecular weight is 210 g/mol. The van der Waals surface area contributed by atoms with Gasteiger partial charge in [-0.2, -0.15) is 0 Å². The SMILES string of the molecule is CC=CCCCB1OC(C)(C)C(C)(C)O1. The standard InChI is InChI=1S/C12H23BO2/c1-6-7-8-9-10-13-14-11(2,3)12(4,5)15-13/h6-7H,8-10H2,1-5H3. The quantitative estimate of drug-likeness (QED) is 0.402. The summed E-state index contributed by atoms with van der Waals surface area (Å²) in [7, 11) is -0.0275. The highest BCUT2D eigenvalue weighted by Crippen LogP contribution is 2.37. The zero-order valence-corrected chi connectivity index (χ0v) is 10.7. The zero-order valence-electron chi connectivity index (χ0n) is 10.7. The van der Waals surface area contributed by atoms with Crippen LogP contribution >= 0.6 is 0 Å². The van der Waals surface area contributed by atoms with Gasteiger partial charge in [0.25, 0.3) is 0 Å². The average Bonchev–Trinajstić information content (AvgIpc) is 2.30. The Bertz CT molecular complexity index is 218. The predicted molar refractivity (Wildman–Crippen MR) is 64.9 cm³/mol. The topological polar surface area (TPSA) is 18.5 Å². The molecule has 0 spiro atoms. The van der Waals surface area contributed by atoms with Crippen molar-refractivity contribution in [1.29, 1.82) is 0 Å². The minimum absolute atomic E-state index is 0.0275. The van der Waals surface area contributed by atoms with Crippen LogP contribution in [-0.4, -0.2) is 18.3 Å². The number of hydrogen-bond donors (Lipinski definition) is 0. The van der Waals surface area contributed by atoms with Gasteiger partial charge in [0.05, 0.1) is 11.2 Å². The molecule has 0 aromatic heterocycles. The molecule has 2 nitrogen and oxygen atoms in total. The molecule has 15 heavy (non-hydrogen) atoms. The molecule has 0 radical (unpaired) electrons. The molecule has 0 atom stereocenters. The Labute approximate surface area is 94.2 Å². The van der Waals surface area contributed by atoms with Gasteiger partial charge in [-0.1, -0.05) is 18.6 Å². The van der Waals surface area contributed by atoms with Gasteiger partial charge in [0.1, 0.15) is 0 Å². The summed E-state index contributed by atoms with van der Waals surface area (Å²) in [4.78, 5) is 0. The van der Waals surface area contributed by atoms with Crippen molar-refractivity contribution < 1.29 is 9.31 Å². The van der Waals surface area contributed by atoms with Crippen LogP contribution in [0.4, 0.5) is 0 Å². The van der Waals surface area contributed by atoms with Gasteiger partial charge in [0, 0.05) is 0 Å². The monoisotopic (exact) mass is 210 g/mol. The number of hydrogen-bond acceptors (Lipinski definition) is 2. The summed E-state index contributed by atoms with van der Waals surface area (Å²) >= 11 is 0.